The molecule has 0 radical (unpaired) electrons. The first-order chi connectivity index (χ1) is 10.1. The predicted molar refractivity (Wildman–Crippen MR) is 85.2 cm³/mol. The average Bonchev–Trinajstić information content (AvgIpc) is 2.51. The maximum Gasteiger partial charge on any atom is 0.240 e. The number of sulfonamides is 1. The van der Waals surface area contributed by atoms with Crippen LogP contribution in [0.3, 0.4) is 0 Å². The van der Waals surface area contributed by atoms with Crippen LogP contribution >= 0.6 is 0 Å². The summed E-state index contributed by atoms with van der Waals surface area (Å²) in [7, 11) is -2.06. The van der Waals surface area contributed by atoms with E-state index in [0.717, 1.165) is 30.4 Å². The van der Waals surface area contributed by atoms with Crippen molar-refractivity contribution in [1.29, 1.82) is 0 Å². The van der Waals surface area contributed by atoms with Crippen LogP contribution in [0.5, 0.6) is 5.75 Å². The number of fused-ring (bicyclic) bond motifs is 1. The van der Waals surface area contributed by atoms with E-state index >= 15 is 0 Å². The summed E-state index contributed by atoms with van der Waals surface area (Å²) in [5.41, 5.74) is 0. The van der Waals surface area contributed by atoms with Crippen molar-refractivity contribution in [2.24, 2.45) is 0 Å². The molecule has 4 nitrogen and oxygen atoms in total. The van der Waals surface area contributed by atoms with Gasteiger partial charge in [0.05, 0.1) is 11.5 Å². The zero-order chi connectivity index (χ0) is 15.3. The summed E-state index contributed by atoms with van der Waals surface area (Å²) in [6, 6.07) is 10.7. The minimum atomic E-state index is -3.48. The molecule has 0 aliphatic heterocycles. The molecule has 0 bridgehead atoms. The summed E-state index contributed by atoms with van der Waals surface area (Å²) < 4.78 is 32.3. The highest BCUT2D eigenvalue weighted by molar-refractivity contribution is 7.89. The third kappa shape index (κ3) is 3.54. The molecule has 0 atom stereocenters. The Kier molecular flexibility index (Phi) is 5.20. The Morgan fingerprint density at radius 3 is 2.43 bits per heavy atom. The minimum absolute atomic E-state index is 0.279. The van der Waals surface area contributed by atoms with Gasteiger partial charge in [-0.05, 0) is 25.6 Å². The smallest absolute Gasteiger partial charge is 0.240 e. The Bertz CT molecular complexity index is 711. The van der Waals surface area contributed by atoms with Gasteiger partial charge in [0.15, 0.2) is 0 Å². The Morgan fingerprint density at radius 2 is 1.76 bits per heavy atom. The second kappa shape index (κ2) is 6.91. The molecule has 0 amide bonds. The van der Waals surface area contributed by atoms with Gasteiger partial charge in [-0.15, -0.1) is 0 Å². The van der Waals surface area contributed by atoms with Gasteiger partial charge < -0.3 is 4.74 Å². The third-order valence-corrected chi connectivity index (χ3v) is 4.88. The SMILES string of the molecule is CCCCCOc1ccc(S(=O)(=O)NC)c2ccccc12. The quantitative estimate of drug-likeness (QED) is 0.798. The van der Waals surface area contributed by atoms with Crippen molar-refractivity contribution in [3.05, 3.63) is 36.4 Å². The van der Waals surface area contributed by atoms with Crippen LogP contribution < -0.4 is 9.46 Å². The molecule has 0 spiro atoms. The Balaban J connectivity index is 2.41. The number of nitrogens with one attached hydrogen (secondary N) is 1. The van der Waals surface area contributed by atoms with Crippen LogP contribution in [0.4, 0.5) is 0 Å². The van der Waals surface area contributed by atoms with E-state index < -0.39 is 10.0 Å². The van der Waals surface area contributed by atoms with E-state index in [2.05, 4.69) is 11.6 Å². The monoisotopic (exact) mass is 307 g/mol. The van der Waals surface area contributed by atoms with Gasteiger partial charge in [0.25, 0.3) is 0 Å². The Hall–Kier alpha value is -1.59. The van der Waals surface area contributed by atoms with Crippen LogP contribution in [-0.2, 0) is 10.0 Å². The van der Waals surface area contributed by atoms with Crippen LogP contribution in [0.1, 0.15) is 26.2 Å². The number of unbranched alkanes of at least 4 members (excludes halogenated alkanes) is 2. The Labute approximate surface area is 126 Å². The lowest BCUT2D eigenvalue weighted by atomic mass is 10.1. The molecule has 2 aromatic carbocycles. The van der Waals surface area contributed by atoms with Crippen molar-refractivity contribution in [2.75, 3.05) is 13.7 Å². The van der Waals surface area contributed by atoms with Crippen molar-refractivity contribution in [3.8, 4) is 5.75 Å². The van der Waals surface area contributed by atoms with Crippen LogP contribution in [-0.4, -0.2) is 22.1 Å². The summed E-state index contributed by atoms with van der Waals surface area (Å²) in [5.74, 6) is 0.733. The van der Waals surface area contributed by atoms with Gasteiger partial charge in [-0.2, -0.15) is 0 Å². The van der Waals surface area contributed by atoms with Gasteiger partial charge in [0.2, 0.25) is 10.0 Å². The van der Waals surface area contributed by atoms with Crippen molar-refractivity contribution in [1.82, 2.24) is 4.72 Å². The topological polar surface area (TPSA) is 55.4 Å². The van der Waals surface area contributed by atoms with E-state index in [1.165, 1.54) is 7.05 Å². The van der Waals surface area contributed by atoms with E-state index in [0.29, 0.717) is 12.0 Å². The van der Waals surface area contributed by atoms with Crippen molar-refractivity contribution in [2.45, 2.75) is 31.1 Å². The van der Waals surface area contributed by atoms with Crippen molar-refractivity contribution < 1.29 is 13.2 Å². The predicted octanol–water partition coefficient (Wildman–Crippen LogP) is 3.32. The molecule has 2 rings (SSSR count). The van der Waals surface area contributed by atoms with Gasteiger partial charge in [0, 0.05) is 10.8 Å². The van der Waals surface area contributed by atoms with E-state index in [-0.39, 0.29) is 4.90 Å². The van der Waals surface area contributed by atoms with Crippen LogP contribution in [0, 0.1) is 0 Å². The molecule has 0 fully saturated rings. The first kappa shape index (κ1) is 15.8. The average molecular weight is 307 g/mol. The number of ether oxygens (including phenoxy) is 1. The molecule has 0 aliphatic carbocycles. The first-order valence-electron chi connectivity index (χ1n) is 7.18. The van der Waals surface area contributed by atoms with Gasteiger partial charge in [-0.25, -0.2) is 13.1 Å². The van der Waals surface area contributed by atoms with Gasteiger partial charge in [-0.3, -0.25) is 0 Å². The standard InChI is InChI=1S/C16H21NO3S/c1-3-4-7-12-20-15-10-11-16(21(18,19)17-2)14-9-6-5-8-13(14)15/h5-6,8-11,17H,3-4,7,12H2,1-2H3. The molecule has 0 aliphatic rings. The summed E-state index contributed by atoms with van der Waals surface area (Å²) in [4.78, 5) is 0.279. The number of hydrogen-bond donors (Lipinski definition) is 1. The molecule has 0 saturated heterocycles. The molecular formula is C16H21NO3S. The number of benzene rings is 2. The lowest BCUT2D eigenvalue weighted by molar-refractivity contribution is 0.309. The lowest BCUT2D eigenvalue weighted by Crippen LogP contribution is -2.18. The largest absolute Gasteiger partial charge is 0.493 e. The first-order valence-corrected chi connectivity index (χ1v) is 8.66. The van der Waals surface area contributed by atoms with E-state index in [4.69, 9.17) is 4.74 Å². The molecule has 0 aromatic heterocycles. The van der Waals surface area contributed by atoms with Crippen molar-refractivity contribution >= 4 is 20.8 Å². The molecule has 5 heteroatoms. The molecule has 114 valence electrons. The summed E-state index contributed by atoms with van der Waals surface area (Å²) in [6.07, 6.45) is 3.27. The van der Waals surface area contributed by atoms with Gasteiger partial charge in [0.1, 0.15) is 5.75 Å². The maximum atomic E-state index is 12.1. The second-order valence-electron chi connectivity index (χ2n) is 4.87. The lowest BCUT2D eigenvalue weighted by Gasteiger charge is -2.12. The summed E-state index contributed by atoms with van der Waals surface area (Å²) in [6.45, 7) is 2.79. The highest BCUT2D eigenvalue weighted by Gasteiger charge is 2.16. The van der Waals surface area contributed by atoms with Gasteiger partial charge in [-0.1, -0.05) is 44.0 Å². The highest BCUT2D eigenvalue weighted by atomic mass is 32.2. The normalized spacial score (nSPS) is 11.7. The minimum Gasteiger partial charge on any atom is -0.493 e. The van der Waals surface area contributed by atoms with Crippen LogP contribution in [0.25, 0.3) is 10.8 Å². The zero-order valence-corrected chi connectivity index (χ0v) is 13.2. The molecule has 21 heavy (non-hydrogen) atoms. The zero-order valence-electron chi connectivity index (χ0n) is 12.4. The molecule has 2 aromatic rings. The fraction of sp³-hybridized carbons (Fsp3) is 0.375. The molecule has 0 unspecified atom stereocenters. The van der Waals surface area contributed by atoms with E-state index in [1.807, 2.05) is 18.2 Å². The molecule has 1 N–H and O–H groups in total. The fourth-order valence-electron chi connectivity index (χ4n) is 2.25. The summed E-state index contributed by atoms with van der Waals surface area (Å²) >= 11 is 0. The highest BCUT2D eigenvalue weighted by Crippen LogP contribution is 2.31. The number of hydrogen-bond acceptors (Lipinski definition) is 3. The molecule has 0 saturated carbocycles. The maximum absolute atomic E-state index is 12.1. The van der Waals surface area contributed by atoms with Crippen LogP contribution in [0.15, 0.2) is 41.3 Å². The number of rotatable bonds is 7. The van der Waals surface area contributed by atoms with Crippen molar-refractivity contribution in [3.63, 3.8) is 0 Å². The van der Waals surface area contributed by atoms with Crippen LogP contribution in [0.2, 0.25) is 0 Å². The molecular weight excluding hydrogens is 286 g/mol. The Morgan fingerprint density at radius 1 is 1.05 bits per heavy atom. The summed E-state index contributed by atoms with van der Waals surface area (Å²) in [5, 5.41) is 1.50. The van der Waals surface area contributed by atoms with E-state index in [1.54, 1.807) is 18.2 Å². The fourth-order valence-corrected chi connectivity index (χ4v) is 3.18. The third-order valence-electron chi connectivity index (χ3n) is 3.41. The molecule has 0 heterocycles. The van der Waals surface area contributed by atoms with Gasteiger partial charge >= 0.3 is 0 Å². The van der Waals surface area contributed by atoms with E-state index in [9.17, 15) is 8.42 Å². The second-order valence-corrected chi connectivity index (χ2v) is 6.73.